The average molecular weight is 527 g/mol. The molecule has 3 aromatic carbocycles. The van der Waals surface area contributed by atoms with Crippen LogP contribution in [-0.4, -0.2) is 16.2 Å². The number of hydrogen-bond donors (Lipinski definition) is 2. The zero-order valence-corrected chi connectivity index (χ0v) is 23.7. The lowest BCUT2D eigenvalue weighted by molar-refractivity contribution is -0.137. The number of aliphatic hydroxyl groups is 1. The Morgan fingerprint density at radius 1 is 1.03 bits per heavy atom. The van der Waals surface area contributed by atoms with Gasteiger partial charge in [-0.25, -0.2) is 0 Å². The lowest BCUT2D eigenvalue weighted by Gasteiger charge is -2.30. The first-order chi connectivity index (χ1) is 18.5. The molecule has 0 aliphatic heterocycles. The summed E-state index contributed by atoms with van der Waals surface area (Å²) in [5, 5.41) is 20.0. The molecule has 39 heavy (non-hydrogen) atoms. The van der Waals surface area contributed by atoms with E-state index < -0.39 is 11.6 Å². The number of ether oxygens (including phenoxy) is 1. The summed E-state index contributed by atoms with van der Waals surface area (Å²) in [4.78, 5) is 11.5. The fraction of sp³-hybridized carbons (Fsp3) is 0.457. The number of carboxylic acids is 1. The van der Waals surface area contributed by atoms with Gasteiger partial charge in [0.2, 0.25) is 0 Å². The molecule has 0 radical (unpaired) electrons. The van der Waals surface area contributed by atoms with Gasteiger partial charge in [-0.3, -0.25) is 4.79 Å². The van der Waals surface area contributed by atoms with Crippen LogP contribution in [0.4, 0.5) is 0 Å². The Morgan fingerprint density at radius 3 is 2.46 bits per heavy atom. The Labute approximate surface area is 233 Å². The monoisotopic (exact) mass is 526 g/mol. The molecule has 0 amide bonds. The van der Waals surface area contributed by atoms with Gasteiger partial charge in [-0.2, -0.15) is 0 Å². The van der Waals surface area contributed by atoms with E-state index in [1.54, 1.807) is 0 Å². The second-order valence-corrected chi connectivity index (χ2v) is 12.9. The van der Waals surface area contributed by atoms with Crippen LogP contribution >= 0.6 is 0 Å². The van der Waals surface area contributed by atoms with E-state index >= 15 is 0 Å². The summed E-state index contributed by atoms with van der Waals surface area (Å²) >= 11 is 0. The molecule has 4 heteroatoms. The lowest BCUT2D eigenvalue weighted by Crippen LogP contribution is -2.17. The van der Waals surface area contributed by atoms with Crippen LogP contribution in [-0.2, 0) is 17.0 Å². The van der Waals surface area contributed by atoms with Crippen molar-refractivity contribution in [2.75, 3.05) is 0 Å². The highest BCUT2D eigenvalue weighted by Crippen LogP contribution is 2.51. The van der Waals surface area contributed by atoms with E-state index in [1.807, 2.05) is 50.2 Å². The molecule has 0 aromatic heterocycles. The number of aliphatic carboxylic acids is 1. The van der Waals surface area contributed by atoms with Crippen molar-refractivity contribution in [2.24, 2.45) is 11.3 Å². The second-order valence-electron chi connectivity index (χ2n) is 12.9. The second kappa shape index (κ2) is 10.8. The molecule has 206 valence electrons. The van der Waals surface area contributed by atoms with E-state index in [0.29, 0.717) is 18.4 Å². The van der Waals surface area contributed by atoms with Gasteiger partial charge in [0.1, 0.15) is 12.4 Å². The Bertz CT molecular complexity index is 1330. The normalized spacial score (nSPS) is 19.6. The molecule has 2 saturated carbocycles. The zero-order valence-electron chi connectivity index (χ0n) is 23.7. The summed E-state index contributed by atoms with van der Waals surface area (Å²) in [5.74, 6) is 1.02. The molecular formula is C35H42O4. The molecule has 2 aliphatic carbocycles. The molecule has 2 fully saturated rings. The van der Waals surface area contributed by atoms with Gasteiger partial charge in [0.15, 0.2) is 0 Å². The number of hydrogen-bond acceptors (Lipinski definition) is 3. The maximum atomic E-state index is 11.5. The van der Waals surface area contributed by atoms with Crippen LogP contribution in [0.1, 0.15) is 100 Å². The van der Waals surface area contributed by atoms with Crippen molar-refractivity contribution in [1.29, 1.82) is 0 Å². The van der Waals surface area contributed by atoms with Crippen molar-refractivity contribution in [2.45, 2.75) is 90.3 Å². The Kier molecular flexibility index (Phi) is 7.61. The standard InChI is InChI=1S/C35H42O4/c1-34(2)17-7-12-32(34)31-18-23(13-16-29(31)25-8-5-10-27(19-25)35(3,4)38)22-39-28-11-6-9-26(20-28)30(21-33(36)37)24-14-15-24/h5-6,8-11,13,16,18-20,24,30,32,38H,7,12,14-15,17,21-22H2,1-4H3,(H,36,37)/t30?,32-/m1/s1. The van der Waals surface area contributed by atoms with Crippen molar-refractivity contribution in [1.82, 2.24) is 0 Å². The smallest absolute Gasteiger partial charge is 0.303 e. The third kappa shape index (κ3) is 6.38. The van der Waals surface area contributed by atoms with E-state index in [-0.39, 0.29) is 17.8 Å². The van der Waals surface area contributed by atoms with Crippen LogP contribution in [0.15, 0.2) is 66.7 Å². The number of carbonyl (C=O) groups is 1. The summed E-state index contributed by atoms with van der Waals surface area (Å²) in [5.41, 5.74) is 6.15. The van der Waals surface area contributed by atoms with Crippen LogP contribution in [0.25, 0.3) is 11.1 Å². The van der Waals surface area contributed by atoms with Crippen LogP contribution < -0.4 is 4.74 Å². The molecule has 0 spiro atoms. The van der Waals surface area contributed by atoms with Gasteiger partial charge in [0.25, 0.3) is 0 Å². The number of benzene rings is 3. The van der Waals surface area contributed by atoms with Crippen LogP contribution in [0, 0.1) is 11.3 Å². The summed E-state index contributed by atoms with van der Waals surface area (Å²) < 4.78 is 6.29. The Morgan fingerprint density at radius 2 is 1.79 bits per heavy atom. The highest BCUT2D eigenvalue weighted by molar-refractivity contribution is 5.70. The van der Waals surface area contributed by atoms with Gasteiger partial charge in [-0.15, -0.1) is 0 Å². The summed E-state index contributed by atoms with van der Waals surface area (Å²) in [6.45, 7) is 8.88. The highest BCUT2D eigenvalue weighted by Gasteiger charge is 2.37. The third-order valence-electron chi connectivity index (χ3n) is 8.91. The van der Waals surface area contributed by atoms with Gasteiger partial charge < -0.3 is 14.9 Å². The summed E-state index contributed by atoms with van der Waals surface area (Å²) in [6.07, 6.45) is 6.00. The highest BCUT2D eigenvalue weighted by atomic mass is 16.5. The predicted octanol–water partition coefficient (Wildman–Crippen LogP) is 8.42. The van der Waals surface area contributed by atoms with Gasteiger partial charge in [0.05, 0.1) is 12.0 Å². The van der Waals surface area contributed by atoms with Crippen LogP contribution in [0.5, 0.6) is 5.75 Å². The third-order valence-corrected chi connectivity index (χ3v) is 8.91. The van der Waals surface area contributed by atoms with Crippen molar-refractivity contribution in [3.8, 4) is 16.9 Å². The first kappa shape index (κ1) is 27.5. The van der Waals surface area contributed by atoms with Crippen molar-refractivity contribution in [3.05, 3.63) is 89.0 Å². The fourth-order valence-corrected chi connectivity index (χ4v) is 6.47. The summed E-state index contributed by atoms with van der Waals surface area (Å²) in [7, 11) is 0. The van der Waals surface area contributed by atoms with Gasteiger partial charge in [0, 0.05) is 0 Å². The van der Waals surface area contributed by atoms with Gasteiger partial charge >= 0.3 is 5.97 Å². The number of rotatable bonds is 10. The largest absolute Gasteiger partial charge is 0.489 e. The molecule has 2 N–H and O–H groups in total. The molecule has 5 rings (SSSR count). The van der Waals surface area contributed by atoms with E-state index in [9.17, 15) is 15.0 Å². The van der Waals surface area contributed by atoms with Gasteiger partial charge in [-0.1, -0.05) is 68.8 Å². The predicted molar refractivity (Wildman–Crippen MR) is 156 cm³/mol. The Balaban J connectivity index is 1.42. The first-order valence-electron chi connectivity index (χ1n) is 14.4. The minimum atomic E-state index is -0.895. The molecule has 4 nitrogen and oxygen atoms in total. The van der Waals surface area contributed by atoms with Crippen molar-refractivity contribution < 1.29 is 19.7 Å². The minimum Gasteiger partial charge on any atom is -0.489 e. The number of carboxylic acid groups (broad SMARTS) is 1. The quantitative estimate of drug-likeness (QED) is 0.278. The average Bonchev–Trinajstić information content (AvgIpc) is 3.67. The molecule has 0 bridgehead atoms. The zero-order chi connectivity index (χ0) is 27.8. The molecule has 1 unspecified atom stereocenters. The molecular weight excluding hydrogens is 484 g/mol. The van der Waals surface area contributed by atoms with Crippen molar-refractivity contribution in [3.63, 3.8) is 0 Å². The molecule has 0 heterocycles. The van der Waals surface area contributed by atoms with Crippen LogP contribution in [0.3, 0.4) is 0 Å². The van der Waals surface area contributed by atoms with E-state index in [0.717, 1.165) is 40.8 Å². The molecule has 2 aliphatic rings. The maximum absolute atomic E-state index is 11.5. The Hall–Kier alpha value is -3.11. The molecule has 2 atom stereocenters. The maximum Gasteiger partial charge on any atom is 0.303 e. The van der Waals surface area contributed by atoms with Crippen LogP contribution in [0.2, 0.25) is 0 Å². The fourth-order valence-electron chi connectivity index (χ4n) is 6.47. The molecule has 3 aromatic rings. The van der Waals surface area contributed by atoms with E-state index in [1.165, 1.54) is 30.4 Å². The van der Waals surface area contributed by atoms with Crippen molar-refractivity contribution >= 4 is 5.97 Å². The topological polar surface area (TPSA) is 66.8 Å². The first-order valence-corrected chi connectivity index (χ1v) is 14.4. The molecule has 0 saturated heterocycles. The van der Waals surface area contributed by atoms with E-state index in [4.69, 9.17) is 4.74 Å². The van der Waals surface area contributed by atoms with Gasteiger partial charge in [-0.05, 0) is 114 Å². The minimum absolute atomic E-state index is 0.0567. The van der Waals surface area contributed by atoms with E-state index in [2.05, 4.69) is 44.2 Å². The lowest BCUT2D eigenvalue weighted by atomic mass is 9.75. The summed E-state index contributed by atoms with van der Waals surface area (Å²) in [6, 6.07) is 23.0. The SMILES string of the molecule is CC(C)(O)c1cccc(-c2ccc(COc3cccc(C(CC(=O)O)C4CC4)c3)cc2[C@H]2CCCC2(C)C)c1.